The Morgan fingerprint density at radius 1 is 1.38 bits per heavy atom. The lowest BCUT2D eigenvalue weighted by atomic mass is 10.0. The van der Waals surface area contributed by atoms with Crippen LogP contribution < -0.4 is 11.1 Å². The van der Waals surface area contributed by atoms with E-state index in [-0.39, 0.29) is 24.4 Å². The van der Waals surface area contributed by atoms with Crippen LogP contribution in [0.3, 0.4) is 0 Å². The van der Waals surface area contributed by atoms with Crippen molar-refractivity contribution in [1.82, 2.24) is 4.90 Å². The summed E-state index contributed by atoms with van der Waals surface area (Å²) < 4.78 is 0. The van der Waals surface area contributed by atoms with Gasteiger partial charge in [-0.1, -0.05) is 18.2 Å². The third-order valence-corrected chi connectivity index (χ3v) is 4.71. The molecule has 1 fully saturated rings. The van der Waals surface area contributed by atoms with E-state index < -0.39 is 0 Å². The van der Waals surface area contributed by atoms with E-state index in [0.29, 0.717) is 12.0 Å². The summed E-state index contributed by atoms with van der Waals surface area (Å²) in [5.41, 5.74) is 8.01. The van der Waals surface area contributed by atoms with Crippen LogP contribution in [0.1, 0.15) is 25.3 Å². The number of aryl methyl sites for hydroxylation is 1. The van der Waals surface area contributed by atoms with Crippen molar-refractivity contribution in [3.8, 4) is 0 Å². The Kier molecular flexibility index (Phi) is 5.25. The first-order valence-electron chi connectivity index (χ1n) is 7.53. The lowest BCUT2D eigenvalue weighted by Gasteiger charge is -2.29. The number of nitrogens with two attached hydrogens (primary N) is 1. The highest BCUT2D eigenvalue weighted by atomic mass is 35.5. The molecule has 3 rings (SSSR count). The van der Waals surface area contributed by atoms with Crippen LogP contribution in [-0.4, -0.2) is 36.0 Å². The first kappa shape index (κ1) is 16.3. The van der Waals surface area contributed by atoms with E-state index in [9.17, 15) is 4.79 Å². The van der Waals surface area contributed by atoms with Crippen LogP contribution in [0.15, 0.2) is 24.3 Å². The maximum atomic E-state index is 12.5. The predicted octanol–water partition coefficient (Wildman–Crippen LogP) is 2.03. The molecule has 5 heteroatoms. The zero-order valence-electron chi connectivity index (χ0n) is 12.4. The largest absolute Gasteiger partial charge is 0.330 e. The van der Waals surface area contributed by atoms with Crippen molar-refractivity contribution in [3.05, 3.63) is 29.8 Å². The number of carbonyl (C=O) groups is 1. The molecule has 1 aromatic rings. The fourth-order valence-corrected chi connectivity index (χ4v) is 3.59. The third-order valence-electron chi connectivity index (χ3n) is 4.71. The molecule has 2 aliphatic rings. The van der Waals surface area contributed by atoms with Crippen LogP contribution in [0.2, 0.25) is 0 Å². The molecule has 1 amide bonds. The van der Waals surface area contributed by atoms with Crippen LogP contribution in [0, 0.1) is 5.92 Å². The second kappa shape index (κ2) is 6.77. The molecule has 0 radical (unpaired) electrons. The highest BCUT2D eigenvalue weighted by molar-refractivity contribution is 5.96. The monoisotopic (exact) mass is 309 g/mol. The smallest absolute Gasteiger partial charge is 0.241 e. The number of carbonyl (C=O) groups excluding carboxylic acids is 1. The minimum Gasteiger partial charge on any atom is -0.330 e. The van der Waals surface area contributed by atoms with Gasteiger partial charge in [0.1, 0.15) is 0 Å². The molecule has 2 aliphatic heterocycles. The van der Waals surface area contributed by atoms with E-state index in [4.69, 9.17) is 5.73 Å². The second-order valence-corrected chi connectivity index (χ2v) is 6.08. The van der Waals surface area contributed by atoms with Gasteiger partial charge >= 0.3 is 0 Å². The van der Waals surface area contributed by atoms with Crippen LogP contribution in [-0.2, 0) is 11.2 Å². The number of hydrogen-bond donors (Lipinski definition) is 2. The molecule has 3 N–H and O–H groups in total. The van der Waals surface area contributed by atoms with Crippen molar-refractivity contribution >= 4 is 24.0 Å². The number of nitrogens with zero attached hydrogens (tertiary/aromatic N) is 1. The maximum absolute atomic E-state index is 12.5. The van der Waals surface area contributed by atoms with Crippen molar-refractivity contribution in [2.75, 3.05) is 18.4 Å². The summed E-state index contributed by atoms with van der Waals surface area (Å²) >= 11 is 0. The fraction of sp³-hybridized carbons (Fsp3) is 0.562. The zero-order valence-corrected chi connectivity index (χ0v) is 13.2. The van der Waals surface area contributed by atoms with Crippen LogP contribution in [0.4, 0.5) is 5.69 Å². The molecule has 4 nitrogen and oxygen atoms in total. The molecule has 1 saturated heterocycles. The van der Waals surface area contributed by atoms with Gasteiger partial charge in [0.2, 0.25) is 5.91 Å². The highest BCUT2D eigenvalue weighted by Crippen LogP contribution is 2.29. The van der Waals surface area contributed by atoms with Crippen LogP contribution in [0.5, 0.6) is 0 Å². The van der Waals surface area contributed by atoms with E-state index in [1.165, 1.54) is 5.56 Å². The number of likely N-dealkylation sites (tertiary alicyclic amines) is 1. The standard InChI is InChI=1S/C16H23N3O.ClH/c1-11-8-12(9-17)10-19(11)15-7-6-13-4-2-3-5-14(13)18-16(15)20;/h2-5,11-12,15H,6-10,17H2,1H3,(H,18,20);1H. The Labute approximate surface area is 132 Å². The number of benzene rings is 1. The number of halogens is 1. The van der Waals surface area contributed by atoms with Crippen molar-refractivity contribution in [2.24, 2.45) is 11.7 Å². The number of fused-ring (bicyclic) bond motifs is 1. The van der Waals surface area contributed by atoms with E-state index in [0.717, 1.165) is 38.0 Å². The first-order chi connectivity index (χ1) is 9.69. The van der Waals surface area contributed by atoms with Crippen molar-refractivity contribution < 1.29 is 4.79 Å². The van der Waals surface area contributed by atoms with Gasteiger partial charge in [-0.3, -0.25) is 9.69 Å². The Morgan fingerprint density at radius 3 is 2.86 bits per heavy atom. The van der Waals surface area contributed by atoms with E-state index in [1.807, 2.05) is 18.2 Å². The Bertz CT molecular complexity index is 508. The van der Waals surface area contributed by atoms with Gasteiger partial charge in [0, 0.05) is 18.3 Å². The van der Waals surface area contributed by atoms with E-state index in [1.54, 1.807) is 0 Å². The van der Waals surface area contributed by atoms with Crippen LogP contribution in [0.25, 0.3) is 0 Å². The summed E-state index contributed by atoms with van der Waals surface area (Å²) in [4.78, 5) is 14.9. The quantitative estimate of drug-likeness (QED) is 0.879. The molecule has 2 heterocycles. The summed E-state index contributed by atoms with van der Waals surface area (Å²) in [6, 6.07) is 8.53. The van der Waals surface area contributed by atoms with Gasteiger partial charge in [0.25, 0.3) is 0 Å². The number of anilines is 1. The summed E-state index contributed by atoms with van der Waals surface area (Å²) in [6.45, 7) is 3.88. The first-order valence-corrected chi connectivity index (χ1v) is 7.53. The molecule has 0 aliphatic carbocycles. The molecule has 0 bridgehead atoms. The average molecular weight is 310 g/mol. The van der Waals surface area contributed by atoms with Crippen molar-refractivity contribution in [1.29, 1.82) is 0 Å². The van der Waals surface area contributed by atoms with Crippen LogP contribution >= 0.6 is 12.4 Å². The lowest BCUT2D eigenvalue weighted by molar-refractivity contribution is -0.121. The lowest BCUT2D eigenvalue weighted by Crippen LogP contribution is -2.45. The van der Waals surface area contributed by atoms with Gasteiger partial charge in [-0.05, 0) is 50.3 Å². The summed E-state index contributed by atoms with van der Waals surface area (Å²) in [6.07, 6.45) is 2.95. The molecule has 3 unspecified atom stereocenters. The molecule has 0 spiro atoms. The van der Waals surface area contributed by atoms with Crippen molar-refractivity contribution in [3.63, 3.8) is 0 Å². The molecule has 1 aromatic carbocycles. The minimum absolute atomic E-state index is 0. The minimum atomic E-state index is -0.0195. The van der Waals surface area contributed by atoms with Crippen molar-refractivity contribution in [2.45, 2.75) is 38.3 Å². The molecule has 0 aromatic heterocycles. The Morgan fingerprint density at radius 2 is 2.14 bits per heavy atom. The number of rotatable bonds is 2. The Hall–Kier alpha value is -1.10. The second-order valence-electron chi connectivity index (χ2n) is 6.08. The van der Waals surface area contributed by atoms with Gasteiger partial charge in [-0.25, -0.2) is 0 Å². The number of amides is 1. The van der Waals surface area contributed by atoms with Gasteiger partial charge in [-0.2, -0.15) is 0 Å². The summed E-state index contributed by atoms with van der Waals surface area (Å²) in [5.74, 6) is 0.669. The van der Waals surface area contributed by atoms with Gasteiger partial charge in [0.15, 0.2) is 0 Å². The van der Waals surface area contributed by atoms with Gasteiger partial charge in [0.05, 0.1) is 6.04 Å². The highest BCUT2D eigenvalue weighted by Gasteiger charge is 2.37. The van der Waals surface area contributed by atoms with Gasteiger partial charge < -0.3 is 11.1 Å². The van der Waals surface area contributed by atoms with E-state index in [2.05, 4.69) is 23.2 Å². The summed E-state index contributed by atoms with van der Waals surface area (Å²) in [7, 11) is 0. The van der Waals surface area contributed by atoms with E-state index >= 15 is 0 Å². The number of nitrogens with one attached hydrogen (secondary N) is 1. The molecule has 116 valence electrons. The molecule has 0 saturated carbocycles. The molecule has 21 heavy (non-hydrogen) atoms. The fourth-order valence-electron chi connectivity index (χ4n) is 3.59. The number of para-hydroxylation sites is 1. The average Bonchev–Trinajstić information content (AvgIpc) is 2.73. The normalized spacial score (nSPS) is 29.2. The van der Waals surface area contributed by atoms with Gasteiger partial charge in [-0.15, -0.1) is 12.4 Å². The molecule has 3 atom stereocenters. The third kappa shape index (κ3) is 3.23. The maximum Gasteiger partial charge on any atom is 0.241 e. The predicted molar refractivity (Wildman–Crippen MR) is 87.8 cm³/mol. The SMILES string of the molecule is CC1CC(CN)CN1C1CCc2ccccc2NC1=O.Cl. The number of hydrogen-bond acceptors (Lipinski definition) is 3. The summed E-state index contributed by atoms with van der Waals surface area (Å²) in [5, 5.41) is 3.09. The molecular formula is C16H24ClN3O. The Balaban J connectivity index is 0.00000161. The topological polar surface area (TPSA) is 58.4 Å². The zero-order chi connectivity index (χ0) is 14.1. The molecular weight excluding hydrogens is 286 g/mol.